The highest BCUT2D eigenvalue weighted by Crippen LogP contribution is 2.29. The molecule has 0 unspecified atom stereocenters. The fourth-order valence-electron chi connectivity index (χ4n) is 3.66. The van der Waals surface area contributed by atoms with Gasteiger partial charge in [0.25, 0.3) is 0 Å². The van der Waals surface area contributed by atoms with Crippen LogP contribution in [0.5, 0.6) is 0 Å². The maximum Gasteiger partial charge on any atom is 0.242 e. The molecule has 34 heavy (non-hydrogen) atoms. The Hall–Kier alpha value is -3.47. The number of sulfonamides is 1. The molecule has 0 atom stereocenters. The number of carbonyl (C=O) groups excluding carboxylic acids is 1. The molecule has 10 heteroatoms. The average molecular weight is 492 g/mol. The van der Waals surface area contributed by atoms with Gasteiger partial charge in [0.05, 0.1) is 27.2 Å². The van der Waals surface area contributed by atoms with Crippen LogP contribution in [-0.2, 0) is 14.8 Å². The monoisotopic (exact) mass is 491 g/mol. The summed E-state index contributed by atoms with van der Waals surface area (Å²) in [4.78, 5) is 22.4. The lowest BCUT2D eigenvalue weighted by Gasteiger charge is -2.12. The van der Waals surface area contributed by atoms with Gasteiger partial charge in [-0.1, -0.05) is 36.0 Å². The summed E-state index contributed by atoms with van der Waals surface area (Å²) in [7, 11) is -0.569. The average Bonchev–Trinajstić information content (AvgIpc) is 3.23. The number of hydrogen-bond acceptors (Lipinski definition) is 6. The van der Waals surface area contributed by atoms with Crippen LogP contribution in [0.1, 0.15) is 0 Å². The highest BCUT2D eigenvalue weighted by atomic mass is 32.2. The fraction of sp³-hybridized carbons (Fsp3) is 0.125. The largest absolute Gasteiger partial charge is 0.325 e. The van der Waals surface area contributed by atoms with Gasteiger partial charge in [0.2, 0.25) is 15.9 Å². The van der Waals surface area contributed by atoms with E-state index in [-0.39, 0.29) is 16.6 Å². The third-order valence-corrected chi connectivity index (χ3v) is 8.13. The first kappa shape index (κ1) is 22.3. The van der Waals surface area contributed by atoms with Crippen LogP contribution >= 0.6 is 11.8 Å². The first-order chi connectivity index (χ1) is 16.3. The Labute approximate surface area is 200 Å². The highest BCUT2D eigenvalue weighted by molar-refractivity contribution is 7.99. The summed E-state index contributed by atoms with van der Waals surface area (Å²) >= 11 is 1.32. The van der Waals surface area contributed by atoms with E-state index in [4.69, 9.17) is 9.97 Å². The number of rotatable bonds is 6. The molecule has 0 radical (unpaired) electrons. The summed E-state index contributed by atoms with van der Waals surface area (Å²) in [6.07, 6.45) is 0. The van der Waals surface area contributed by atoms with Gasteiger partial charge >= 0.3 is 0 Å². The van der Waals surface area contributed by atoms with Crippen molar-refractivity contribution in [2.45, 2.75) is 10.1 Å². The summed E-state index contributed by atoms with van der Waals surface area (Å²) < 4.78 is 27.6. The van der Waals surface area contributed by atoms with Crippen molar-refractivity contribution in [1.82, 2.24) is 18.7 Å². The molecule has 0 aliphatic carbocycles. The topological polar surface area (TPSA) is 96.7 Å². The number of fused-ring (bicyclic) bond motifs is 5. The minimum Gasteiger partial charge on any atom is -0.325 e. The molecule has 2 heterocycles. The fourth-order valence-corrected chi connectivity index (χ4v) is 5.37. The molecule has 1 N–H and O–H groups in total. The van der Waals surface area contributed by atoms with Gasteiger partial charge in [-0.25, -0.2) is 22.7 Å². The zero-order chi connectivity index (χ0) is 23.9. The second kappa shape index (κ2) is 8.71. The maximum absolute atomic E-state index is 12.7. The van der Waals surface area contributed by atoms with Crippen molar-refractivity contribution in [2.75, 3.05) is 25.2 Å². The quantitative estimate of drug-likeness (QED) is 0.285. The summed E-state index contributed by atoms with van der Waals surface area (Å²) in [6, 6.07) is 21.8. The van der Waals surface area contributed by atoms with E-state index in [2.05, 4.69) is 5.32 Å². The predicted molar refractivity (Wildman–Crippen MR) is 135 cm³/mol. The molecule has 0 saturated heterocycles. The molecule has 5 aromatic rings. The minimum absolute atomic E-state index is 0.130. The Morgan fingerprint density at radius 3 is 2.35 bits per heavy atom. The second-order valence-electron chi connectivity index (χ2n) is 7.82. The van der Waals surface area contributed by atoms with E-state index in [0.717, 1.165) is 31.9 Å². The maximum atomic E-state index is 12.7. The van der Waals surface area contributed by atoms with Crippen molar-refractivity contribution >= 4 is 61.0 Å². The van der Waals surface area contributed by atoms with Crippen molar-refractivity contribution in [1.29, 1.82) is 0 Å². The summed E-state index contributed by atoms with van der Waals surface area (Å²) in [5.41, 5.74) is 3.92. The Bertz CT molecular complexity index is 1640. The molecule has 0 aliphatic rings. The molecule has 8 nitrogen and oxygen atoms in total. The summed E-state index contributed by atoms with van der Waals surface area (Å²) in [5.74, 6) is -0.0919. The molecule has 0 bridgehead atoms. The molecular formula is C24H21N5O3S2. The van der Waals surface area contributed by atoms with Gasteiger partial charge in [-0.15, -0.1) is 0 Å². The SMILES string of the molecule is CN(C)S(=O)(=O)c1ccc(NC(=O)CSc2nc3ccccc3c3nc4ccccc4n23)cc1. The summed E-state index contributed by atoms with van der Waals surface area (Å²) in [5, 5.41) is 4.43. The number of nitrogens with zero attached hydrogens (tertiary/aromatic N) is 4. The van der Waals surface area contributed by atoms with Crippen LogP contribution in [0.3, 0.4) is 0 Å². The van der Waals surface area contributed by atoms with Crippen LogP contribution in [0.4, 0.5) is 5.69 Å². The number of hydrogen-bond donors (Lipinski definition) is 1. The van der Waals surface area contributed by atoms with Crippen molar-refractivity contribution in [3.63, 3.8) is 0 Å². The molecule has 172 valence electrons. The van der Waals surface area contributed by atoms with Crippen LogP contribution in [-0.4, -0.2) is 52.8 Å². The number of nitrogens with one attached hydrogen (secondary N) is 1. The van der Waals surface area contributed by atoms with E-state index in [1.807, 2.05) is 52.9 Å². The lowest BCUT2D eigenvalue weighted by molar-refractivity contribution is -0.113. The number of carbonyl (C=O) groups is 1. The van der Waals surface area contributed by atoms with E-state index < -0.39 is 10.0 Å². The number of para-hydroxylation sites is 3. The number of aromatic nitrogens is 3. The highest BCUT2D eigenvalue weighted by Gasteiger charge is 2.18. The smallest absolute Gasteiger partial charge is 0.242 e. The standard InChI is InChI=1S/C24H21N5O3S2/c1-28(2)34(31,32)17-13-11-16(12-14-17)25-22(30)15-33-24-27-19-8-4-3-7-18(19)23-26-20-9-5-6-10-21(20)29(23)24/h3-14H,15H2,1-2H3,(H,25,30). The van der Waals surface area contributed by atoms with Gasteiger partial charge in [0, 0.05) is 25.2 Å². The van der Waals surface area contributed by atoms with Crippen LogP contribution < -0.4 is 5.32 Å². The lowest BCUT2D eigenvalue weighted by atomic mass is 10.2. The van der Waals surface area contributed by atoms with Crippen LogP contribution in [0, 0.1) is 0 Å². The Kier molecular flexibility index (Phi) is 5.72. The van der Waals surface area contributed by atoms with Gasteiger partial charge < -0.3 is 5.32 Å². The van der Waals surface area contributed by atoms with E-state index in [1.54, 1.807) is 12.1 Å². The van der Waals surface area contributed by atoms with E-state index >= 15 is 0 Å². The minimum atomic E-state index is -3.52. The number of benzene rings is 3. The van der Waals surface area contributed by atoms with Crippen molar-refractivity contribution in [3.8, 4) is 0 Å². The molecule has 3 aromatic carbocycles. The number of thioether (sulfide) groups is 1. The van der Waals surface area contributed by atoms with Gasteiger partial charge in [0.1, 0.15) is 5.65 Å². The van der Waals surface area contributed by atoms with E-state index in [0.29, 0.717) is 10.8 Å². The first-order valence-electron chi connectivity index (χ1n) is 10.5. The van der Waals surface area contributed by atoms with Gasteiger partial charge in [-0.2, -0.15) is 0 Å². The third kappa shape index (κ3) is 4.00. The normalized spacial score (nSPS) is 12.1. The molecule has 0 spiro atoms. The molecule has 0 saturated carbocycles. The number of imidazole rings is 1. The second-order valence-corrected chi connectivity index (χ2v) is 10.9. The summed E-state index contributed by atoms with van der Waals surface area (Å²) in [6.45, 7) is 0. The zero-order valence-corrected chi connectivity index (χ0v) is 20.1. The van der Waals surface area contributed by atoms with Crippen LogP contribution in [0.2, 0.25) is 0 Å². The van der Waals surface area contributed by atoms with Gasteiger partial charge in [-0.05, 0) is 48.5 Å². The molecular weight excluding hydrogens is 470 g/mol. The lowest BCUT2D eigenvalue weighted by Crippen LogP contribution is -2.22. The van der Waals surface area contributed by atoms with Crippen molar-refractivity contribution < 1.29 is 13.2 Å². The number of anilines is 1. The van der Waals surface area contributed by atoms with Crippen molar-refractivity contribution in [2.24, 2.45) is 0 Å². The van der Waals surface area contributed by atoms with Crippen molar-refractivity contribution in [3.05, 3.63) is 72.8 Å². The van der Waals surface area contributed by atoms with E-state index in [1.165, 1.54) is 38.0 Å². The predicted octanol–water partition coefficient (Wildman–Crippen LogP) is 4.02. The Balaban J connectivity index is 1.40. The molecule has 1 amide bonds. The number of amides is 1. The van der Waals surface area contributed by atoms with Crippen LogP contribution in [0.25, 0.3) is 27.6 Å². The van der Waals surface area contributed by atoms with E-state index in [9.17, 15) is 13.2 Å². The van der Waals surface area contributed by atoms with Gasteiger partial charge in [0.15, 0.2) is 5.16 Å². The Morgan fingerprint density at radius 1 is 0.941 bits per heavy atom. The first-order valence-corrected chi connectivity index (χ1v) is 12.9. The molecule has 2 aromatic heterocycles. The molecule has 0 fully saturated rings. The molecule has 0 aliphatic heterocycles. The third-order valence-electron chi connectivity index (χ3n) is 5.36. The van der Waals surface area contributed by atoms with Crippen LogP contribution in [0.15, 0.2) is 82.8 Å². The van der Waals surface area contributed by atoms with Gasteiger partial charge in [-0.3, -0.25) is 9.20 Å². The zero-order valence-electron chi connectivity index (χ0n) is 18.5. The molecule has 5 rings (SSSR count). The Morgan fingerprint density at radius 2 is 1.62 bits per heavy atom.